The van der Waals surface area contributed by atoms with Crippen LogP contribution in [0, 0.1) is 5.92 Å². The van der Waals surface area contributed by atoms with Crippen molar-refractivity contribution in [3.05, 3.63) is 38.0 Å². The Bertz CT molecular complexity index is 1970. The van der Waals surface area contributed by atoms with Crippen LogP contribution in [0.5, 0.6) is 0 Å². The van der Waals surface area contributed by atoms with Gasteiger partial charge in [0.25, 0.3) is 0 Å². The number of hydrogen-bond acceptors (Lipinski definition) is 40. The molecule has 7 aliphatic rings. The largest absolute Gasteiger partial charge is 0.640 e. The molecule has 7 saturated heterocycles. The van der Waals surface area contributed by atoms with Gasteiger partial charge in [-0.2, -0.15) is 0 Å². The molecule has 0 aliphatic carbocycles. The van der Waals surface area contributed by atoms with E-state index in [9.17, 15) is 0 Å². The smallest absolute Gasteiger partial charge is 0.389 e. The minimum Gasteiger partial charge on any atom is -0.389 e. The zero-order valence-corrected chi connectivity index (χ0v) is 80.4. The lowest BCUT2D eigenvalue weighted by Crippen LogP contribution is -2.35. The Morgan fingerprint density at radius 1 is 0.328 bits per heavy atom. The maximum Gasteiger partial charge on any atom is 0.640 e. The molecule has 0 aromatic heterocycles. The molecule has 0 aromatic carbocycles. The van der Waals surface area contributed by atoms with E-state index in [0.29, 0.717) is 136 Å². The summed E-state index contributed by atoms with van der Waals surface area (Å²) in [7, 11) is 3.09. The van der Waals surface area contributed by atoms with E-state index in [2.05, 4.69) is 68.3 Å². The minimum atomic E-state index is -0.712. The van der Waals surface area contributed by atoms with E-state index in [1.54, 1.807) is 25.3 Å². The quantitative estimate of drug-likeness (QED) is 0.0233. The van der Waals surface area contributed by atoms with Crippen molar-refractivity contribution < 1.29 is 168 Å². The Labute approximate surface area is 769 Å². The van der Waals surface area contributed by atoms with Crippen LogP contribution in [0.1, 0.15) is 133 Å². The summed E-state index contributed by atoms with van der Waals surface area (Å²) in [4.78, 5) is 0. The van der Waals surface area contributed by atoms with Crippen LogP contribution in [0.3, 0.4) is 0 Å². The summed E-state index contributed by atoms with van der Waals surface area (Å²) in [6.07, 6.45) is 16.3. The lowest BCUT2D eigenvalue weighted by molar-refractivity contribution is 0.0302. The number of nitrogens with two attached hydrogens (primary N) is 4. The molecular weight excluding hydrogens is 1710 g/mol. The number of halogens is 3. The van der Waals surface area contributed by atoms with E-state index in [-0.39, 0.29) is 12.2 Å². The Kier molecular flexibility index (Phi) is 117. The summed E-state index contributed by atoms with van der Waals surface area (Å²) in [5, 5.41) is 0. The fourth-order valence-corrected chi connectivity index (χ4v) is 8.13. The average molecular weight is 1870 g/mol. The molecule has 7 rings (SSSR count). The van der Waals surface area contributed by atoms with Gasteiger partial charge in [0, 0.05) is 264 Å². The average Bonchev–Trinajstić information content (AvgIpc) is 0.960. The molecule has 1 atom stereocenters. The molecular formula is C70H157B12Cl3N4O36. The van der Waals surface area contributed by atoms with Crippen molar-refractivity contribution in [1.82, 2.24) is 0 Å². The van der Waals surface area contributed by atoms with Gasteiger partial charge in [0.2, 0.25) is 0 Å². The van der Waals surface area contributed by atoms with Gasteiger partial charge in [-0.1, -0.05) is 59.3 Å². The highest BCUT2D eigenvalue weighted by molar-refractivity contribution is 6.40. The first kappa shape index (κ1) is 133. The van der Waals surface area contributed by atoms with Crippen LogP contribution in [0.4, 0.5) is 0 Å². The molecule has 0 amide bonds. The first-order valence-corrected chi connectivity index (χ1v) is 44.5. The van der Waals surface area contributed by atoms with E-state index in [0.717, 1.165) is 170 Å². The second kappa shape index (κ2) is 110. The van der Waals surface area contributed by atoms with Gasteiger partial charge in [-0.3, -0.25) is 0 Å². The number of hydrogen-bond donors (Lipinski definition) is 4. The maximum absolute atomic E-state index is 5.43. The van der Waals surface area contributed by atoms with E-state index in [1.165, 1.54) is 35.5 Å². The van der Waals surface area contributed by atoms with Crippen LogP contribution in [0.25, 0.3) is 0 Å². The molecule has 1 unspecified atom stereocenters. The summed E-state index contributed by atoms with van der Waals surface area (Å²) >= 11 is 16.3. The lowest BCUT2D eigenvalue weighted by Gasteiger charge is -2.21. The van der Waals surface area contributed by atoms with Gasteiger partial charge in [-0.25, -0.2) is 0 Å². The molecule has 0 spiro atoms. The lowest BCUT2D eigenvalue weighted by atomic mass is 10.1. The monoisotopic (exact) mass is 1870 g/mol. The van der Waals surface area contributed by atoms with Gasteiger partial charge in [-0.15, -0.1) is 54.5 Å². The molecule has 7 fully saturated rings. The number of rotatable bonds is 53. The summed E-state index contributed by atoms with van der Waals surface area (Å²) in [5.74, 6) is 1.71. The fourth-order valence-electron chi connectivity index (χ4n) is 7.87. The SMILES string of the molecule is C=CCOB(OCC=C)OCC=C.CC(C)COB1OCCCO1.CC(C)OB1OCCCO1.CCC(C)OB1OCCCO1.CCCCOB1OCCCO1.CCCOB1OCCCO1.CCOB1OCCCO1.COB(OC)OC.COB(OC)OCCN.COB1OCCCO1.ClCCOB(OCCCl)OCCCl.NCCOB(OCCN)OCCN. The van der Waals surface area contributed by atoms with E-state index < -0.39 is 87.9 Å². The van der Waals surface area contributed by atoms with Crippen LogP contribution in [0.15, 0.2) is 38.0 Å². The fraction of sp³-hybridized carbons (Fsp3) is 0.914. The Morgan fingerprint density at radius 2 is 0.608 bits per heavy atom. The highest BCUT2D eigenvalue weighted by Crippen LogP contribution is 2.10. The molecule has 8 N–H and O–H groups in total. The predicted octanol–water partition coefficient (Wildman–Crippen LogP) is 6.06. The Hall–Kier alpha value is -0.731. The second-order valence-corrected chi connectivity index (χ2v) is 26.7. The topological polar surface area (TPSA) is 436 Å². The first-order chi connectivity index (χ1) is 60.9. The van der Waals surface area contributed by atoms with Crippen molar-refractivity contribution in [2.75, 3.05) is 271 Å². The molecule has 730 valence electrons. The first-order valence-electron chi connectivity index (χ1n) is 42.9. The van der Waals surface area contributed by atoms with Crippen LogP contribution >= 0.6 is 34.8 Å². The normalized spacial score (nSPS) is 15.6. The molecule has 0 saturated carbocycles. The van der Waals surface area contributed by atoms with Gasteiger partial charge in [0.15, 0.2) is 0 Å². The van der Waals surface area contributed by atoms with Gasteiger partial charge in [0.1, 0.15) is 0 Å². The summed E-state index contributed by atoms with van der Waals surface area (Å²) in [5.41, 5.74) is 20.9. The summed E-state index contributed by atoms with van der Waals surface area (Å²) in [6.45, 7) is 47.9. The van der Waals surface area contributed by atoms with Crippen LogP contribution in [0.2, 0.25) is 0 Å². The van der Waals surface area contributed by atoms with Crippen molar-refractivity contribution in [3.63, 3.8) is 0 Å². The summed E-state index contributed by atoms with van der Waals surface area (Å²) < 4.78 is 182. The Morgan fingerprint density at radius 3 is 0.856 bits per heavy atom. The van der Waals surface area contributed by atoms with Crippen molar-refractivity contribution >= 4 is 123 Å². The van der Waals surface area contributed by atoms with E-state index in [4.69, 9.17) is 211 Å². The van der Waals surface area contributed by atoms with Crippen molar-refractivity contribution in [2.24, 2.45) is 28.9 Å². The molecule has 55 heteroatoms. The second-order valence-electron chi connectivity index (χ2n) is 25.5. The van der Waals surface area contributed by atoms with Gasteiger partial charge < -0.3 is 190 Å². The molecule has 0 radical (unpaired) electrons. The third-order valence-corrected chi connectivity index (χ3v) is 14.1. The van der Waals surface area contributed by atoms with E-state index >= 15 is 0 Å². The zero-order chi connectivity index (χ0) is 93.8. The van der Waals surface area contributed by atoms with Gasteiger partial charge >= 0.3 is 87.9 Å². The zero-order valence-electron chi connectivity index (χ0n) is 78.2. The molecule has 0 bridgehead atoms. The van der Waals surface area contributed by atoms with Crippen molar-refractivity contribution in [2.45, 2.75) is 145 Å². The predicted molar refractivity (Wildman–Crippen MR) is 492 cm³/mol. The van der Waals surface area contributed by atoms with Crippen LogP contribution < -0.4 is 22.9 Å². The van der Waals surface area contributed by atoms with Gasteiger partial charge in [-0.05, 0) is 97.8 Å². The number of unbranched alkanes of at least 4 members (excludes halogenated alkanes) is 1. The molecule has 7 aliphatic heterocycles. The highest BCUT2D eigenvalue weighted by Gasteiger charge is 2.31. The third-order valence-electron chi connectivity index (χ3n) is 13.6. The maximum atomic E-state index is 5.43. The molecule has 7 heterocycles. The van der Waals surface area contributed by atoms with Gasteiger partial charge in [0.05, 0.1) is 19.8 Å². The van der Waals surface area contributed by atoms with Crippen molar-refractivity contribution in [1.29, 1.82) is 0 Å². The summed E-state index contributed by atoms with van der Waals surface area (Å²) in [6, 6.07) is 0. The number of alkyl halides is 3. The van der Waals surface area contributed by atoms with Crippen molar-refractivity contribution in [3.8, 4) is 0 Å². The third kappa shape index (κ3) is 101. The standard InChI is InChI=1S/C9H15BO3.3C7H15BO3.C6H12BCl3O3.C6H18BN3O3.2C6H13BO3.C5H11BO3.C4H12BNO3.C4H9BO3.C3H9BO3/c1-4-7-11-10(12-8-5-2)13-9-6-3;1-7(2)6-11-8-9-4-3-5-10-8;1-3-7(2)11-8-9-5-4-6-10-8;1-2-3-5-9-8-10-6-4-7-11-8;2*8-1-4-11-7(12-5-2-9)13-6-3-10;1-6(2)10-7-8-4-3-5-9-7;1-2-4-8-7-9-5-3-6-10-7;1-2-7-6-8-4-3-5-9-6;1-7-5(8-2)9-4-3-6;1-6-5-7-3-2-4-8-5;1-5-4(6-2)7-3/h4-6H,1-3,7-9H2;2*7H,3-6H2,1-2H3;2-7H2,1H3;1-6H2;1-6,8-10H2;6H,3-5H2,1-2H3;2-6H2,1H3;2-5H2,1H3;3-4,6H2,1-2H3;2-4H2,1H3;1-3H3. The van der Waals surface area contributed by atoms with Crippen LogP contribution in [-0.2, 0) is 168 Å². The molecule has 0 aromatic rings. The minimum absolute atomic E-state index is 0.170. The van der Waals surface area contributed by atoms with Crippen LogP contribution in [-0.4, -0.2) is 372 Å². The van der Waals surface area contributed by atoms with E-state index in [1.807, 2.05) is 27.7 Å². The highest BCUT2D eigenvalue weighted by atomic mass is 35.5. The Balaban J connectivity index is -0.000000420. The molecule has 125 heavy (non-hydrogen) atoms. The molecule has 40 nitrogen and oxygen atoms in total.